The summed E-state index contributed by atoms with van der Waals surface area (Å²) >= 11 is 0. The number of carboxylic acid groups (broad SMARTS) is 1. The minimum absolute atomic E-state index is 0.0584. The van der Waals surface area contributed by atoms with Gasteiger partial charge in [0.2, 0.25) is 0 Å². The highest BCUT2D eigenvalue weighted by Crippen LogP contribution is 2.31. The molecule has 0 radical (unpaired) electrons. The van der Waals surface area contributed by atoms with Gasteiger partial charge in [0, 0.05) is 5.69 Å². The number of benzene rings is 3. The molecule has 5 heteroatoms. The Hall–Kier alpha value is -3.34. The molecule has 3 N–H and O–H groups in total. The first kappa shape index (κ1) is 14.6. The molecule has 23 heavy (non-hydrogen) atoms. The number of rotatable bonds is 3. The Morgan fingerprint density at radius 3 is 2.22 bits per heavy atom. The quantitative estimate of drug-likeness (QED) is 0.691. The van der Waals surface area contributed by atoms with Gasteiger partial charge in [0.1, 0.15) is 11.3 Å². The Bertz CT molecular complexity index is 904. The van der Waals surface area contributed by atoms with Gasteiger partial charge in [-0.25, -0.2) is 4.79 Å². The Morgan fingerprint density at radius 1 is 0.870 bits per heavy atom. The van der Waals surface area contributed by atoms with Gasteiger partial charge in [0.15, 0.2) is 0 Å². The third-order valence-corrected chi connectivity index (χ3v) is 3.50. The maximum Gasteiger partial charge on any atom is 0.340 e. The molecule has 0 bridgehead atoms. The van der Waals surface area contributed by atoms with Crippen LogP contribution in [0.3, 0.4) is 0 Å². The molecule has 0 saturated carbocycles. The van der Waals surface area contributed by atoms with Crippen LogP contribution in [0.5, 0.6) is 5.75 Å². The second-order valence-corrected chi connectivity index (χ2v) is 4.99. The van der Waals surface area contributed by atoms with Crippen molar-refractivity contribution in [3.8, 4) is 5.75 Å². The predicted octanol–water partition coefficient (Wildman–Crippen LogP) is 3.50. The number of nitrogens with one attached hydrogen (secondary N) is 1. The average molecular weight is 307 g/mol. The molecule has 3 rings (SSSR count). The van der Waals surface area contributed by atoms with Crippen LogP contribution in [-0.4, -0.2) is 22.1 Å². The summed E-state index contributed by atoms with van der Waals surface area (Å²) in [6, 6.07) is 16.9. The number of aromatic carboxylic acids is 1. The average Bonchev–Trinajstić information content (AvgIpc) is 2.54. The topological polar surface area (TPSA) is 86.6 Å². The Balaban J connectivity index is 2.19. The minimum atomic E-state index is -1.36. The molecular formula is C18H13NO4. The van der Waals surface area contributed by atoms with E-state index in [2.05, 4.69) is 5.32 Å². The summed E-state index contributed by atoms with van der Waals surface area (Å²) in [5, 5.41) is 23.1. The van der Waals surface area contributed by atoms with Gasteiger partial charge in [-0.05, 0) is 29.0 Å². The Morgan fingerprint density at radius 2 is 1.52 bits per heavy atom. The summed E-state index contributed by atoms with van der Waals surface area (Å²) in [5.74, 6) is -2.37. The summed E-state index contributed by atoms with van der Waals surface area (Å²) in [5.41, 5.74) is 0.0790. The maximum atomic E-state index is 12.6. The molecular weight excluding hydrogens is 294 g/mol. The molecule has 0 aliphatic carbocycles. The summed E-state index contributed by atoms with van der Waals surface area (Å²) in [6.07, 6.45) is 0. The molecule has 3 aromatic carbocycles. The molecule has 0 unspecified atom stereocenters. The van der Waals surface area contributed by atoms with E-state index in [0.717, 1.165) is 0 Å². The van der Waals surface area contributed by atoms with Gasteiger partial charge < -0.3 is 15.5 Å². The van der Waals surface area contributed by atoms with Crippen LogP contribution in [0.15, 0.2) is 60.7 Å². The van der Waals surface area contributed by atoms with Gasteiger partial charge in [-0.2, -0.15) is 0 Å². The van der Waals surface area contributed by atoms with E-state index in [1.165, 1.54) is 6.07 Å². The Kier molecular flexibility index (Phi) is 3.68. The Labute approximate surface area is 131 Å². The number of hydrogen-bond donors (Lipinski definition) is 3. The highest BCUT2D eigenvalue weighted by atomic mass is 16.4. The SMILES string of the molecule is O=C(O)c1c(O)cc2ccccc2c1C(=O)Nc1ccccc1. The number of carbonyl (C=O) groups is 2. The number of phenols is 1. The smallest absolute Gasteiger partial charge is 0.340 e. The van der Waals surface area contributed by atoms with Gasteiger partial charge >= 0.3 is 5.97 Å². The third-order valence-electron chi connectivity index (χ3n) is 3.50. The highest BCUT2D eigenvalue weighted by Gasteiger charge is 2.24. The van der Waals surface area contributed by atoms with Crippen molar-refractivity contribution in [3.63, 3.8) is 0 Å². The molecule has 0 heterocycles. The molecule has 0 atom stereocenters. The van der Waals surface area contributed by atoms with E-state index >= 15 is 0 Å². The van der Waals surface area contributed by atoms with E-state index in [1.54, 1.807) is 48.5 Å². The van der Waals surface area contributed by atoms with Crippen molar-refractivity contribution >= 4 is 28.3 Å². The zero-order chi connectivity index (χ0) is 16.4. The van der Waals surface area contributed by atoms with Crippen LogP contribution in [0, 0.1) is 0 Å². The van der Waals surface area contributed by atoms with Crippen LogP contribution in [0.1, 0.15) is 20.7 Å². The largest absolute Gasteiger partial charge is 0.507 e. The molecule has 0 saturated heterocycles. The lowest BCUT2D eigenvalue weighted by molar-refractivity contribution is 0.0689. The number of amides is 1. The fraction of sp³-hybridized carbons (Fsp3) is 0. The molecule has 114 valence electrons. The number of carboxylic acids is 1. The summed E-state index contributed by atoms with van der Waals surface area (Å²) in [6.45, 7) is 0. The van der Waals surface area contributed by atoms with E-state index in [1.807, 2.05) is 6.07 Å². The second kappa shape index (κ2) is 5.81. The molecule has 0 aromatic heterocycles. The lowest BCUT2D eigenvalue weighted by Crippen LogP contribution is -2.17. The first-order valence-corrected chi connectivity index (χ1v) is 6.92. The zero-order valence-corrected chi connectivity index (χ0v) is 12.0. The van der Waals surface area contributed by atoms with Crippen molar-refractivity contribution in [2.75, 3.05) is 5.32 Å². The number of aromatic hydroxyl groups is 1. The van der Waals surface area contributed by atoms with Crippen LogP contribution in [0.25, 0.3) is 10.8 Å². The summed E-state index contributed by atoms with van der Waals surface area (Å²) in [7, 11) is 0. The predicted molar refractivity (Wildman–Crippen MR) is 87.0 cm³/mol. The van der Waals surface area contributed by atoms with Gasteiger partial charge in [-0.3, -0.25) is 4.79 Å². The zero-order valence-electron chi connectivity index (χ0n) is 12.0. The number of anilines is 1. The fourth-order valence-corrected chi connectivity index (χ4v) is 2.50. The van der Waals surface area contributed by atoms with Crippen molar-refractivity contribution < 1.29 is 19.8 Å². The van der Waals surface area contributed by atoms with E-state index in [4.69, 9.17) is 0 Å². The number of fused-ring (bicyclic) bond motifs is 1. The normalized spacial score (nSPS) is 10.4. The van der Waals surface area contributed by atoms with Crippen molar-refractivity contribution in [1.29, 1.82) is 0 Å². The van der Waals surface area contributed by atoms with Crippen molar-refractivity contribution in [2.45, 2.75) is 0 Å². The van der Waals surface area contributed by atoms with E-state index in [-0.39, 0.29) is 5.56 Å². The van der Waals surface area contributed by atoms with E-state index < -0.39 is 23.2 Å². The minimum Gasteiger partial charge on any atom is -0.507 e. The molecule has 0 aliphatic rings. The fourth-order valence-electron chi connectivity index (χ4n) is 2.50. The number of para-hydroxylation sites is 1. The first-order valence-electron chi connectivity index (χ1n) is 6.92. The van der Waals surface area contributed by atoms with Crippen LogP contribution in [0.4, 0.5) is 5.69 Å². The van der Waals surface area contributed by atoms with Crippen LogP contribution >= 0.6 is 0 Å². The maximum absolute atomic E-state index is 12.6. The molecule has 1 amide bonds. The standard InChI is InChI=1S/C18H13NO4/c20-14-10-11-6-4-5-9-13(11)15(16(14)18(22)23)17(21)19-12-7-2-1-3-8-12/h1-10,20H,(H,19,21)(H,22,23). The van der Waals surface area contributed by atoms with E-state index in [9.17, 15) is 19.8 Å². The van der Waals surface area contributed by atoms with Crippen molar-refractivity contribution in [1.82, 2.24) is 0 Å². The highest BCUT2D eigenvalue weighted by molar-refractivity contribution is 6.19. The number of carbonyl (C=O) groups excluding carboxylic acids is 1. The summed E-state index contributed by atoms with van der Waals surface area (Å²) < 4.78 is 0. The number of hydrogen-bond acceptors (Lipinski definition) is 3. The van der Waals surface area contributed by atoms with Gasteiger partial charge in [0.05, 0.1) is 5.56 Å². The molecule has 0 aliphatic heterocycles. The monoisotopic (exact) mass is 307 g/mol. The van der Waals surface area contributed by atoms with E-state index in [0.29, 0.717) is 16.5 Å². The van der Waals surface area contributed by atoms with Gasteiger partial charge in [0.25, 0.3) is 5.91 Å². The van der Waals surface area contributed by atoms with Crippen LogP contribution < -0.4 is 5.32 Å². The lowest BCUT2D eigenvalue weighted by atomic mass is 9.97. The molecule has 0 fully saturated rings. The first-order chi connectivity index (χ1) is 11.1. The molecule has 5 nitrogen and oxygen atoms in total. The molecule has 3 aromatic rings. The van der Waals surface area contributed by atoms with Gasteiger partial charge in [-0.15, -0.1) is 0 Å². The summed E-state index contributed by atoms with van der Waals surface area (Å²) in [4.78, 5) is 24.1. The van der Waals surface area contributed by atoms with Gasteiger partial charge in [-0.1, -0.05) is 42.5 Å². The van der Waals surface area contributed by atoms with Crippen LogP contribution in [-0.2, 0) is 0 Å². The third kappa shape index (κ3) is 2.72. The lowest BCUT2D eigenvalue weighted by Gasteiger charge is -2.12. The second-order valence-electron chi connectivity index (χ2n) is 4.99. The molecule has 0 spiro atoms. The van der Waals surface area contributed by atoms with Crippen molar-refractivity contribution in [3.05, 3.63) is 71.8 Å². The van der Waals surface area contributed by atoms with Crippen molar-refractivity contribution in [2.24, 2.45) is 0 Å². The van der Waals surface area contributed by atoms with Crippen LogP contribution in [0.2, 0.25) is 0 Å².